The summed E-state index contributed by atoms with van der Waals surface area (Å²) in [4.78, 5) is 0. The molecule has 0 radical (unpaired) electrons. The SMILES string of the molecule is CC(C)(C)c1cccc(Nc2ccc(Nc3cccc(C(C)(C)C)c3)cc2)c1. The van der Waals surface area contributed by atoms with E-state index >= 15 is 0 Å². The molecule has 3 aromatic carbocycles. The molecule has 2 heteroatoms. The Morgan fingerprint density at radius 3 is 1.14 bits per heavy atom. The van der Waals surface area contributed by atoms with E-state index in [1.807, 2.05) is 0 Å². The number of nitrogens with one attached hydrogen (secondary N) is 2. The molecule has 3 aromatic rings. The lowest BCUT2D eigenvalue weighted by Gasteiger charge is -2.20. The Morgan fingerprint density at radius 1 is 0.464 bits per heavy atom. The predicted molar refractivity (Wildman–Crippen MR) is 123 cm³/mol. The number of hydrogen-bond acceptors (Lipinski definition) is 2. The fourth-order valence-corrected chi connectivity index (χ4v) is 3.10. The third kappa shape index (κ3) is 5.16. The highest BCUT2D eigenvalue weighted by Crippen LogP contribution is 2.28. The standard InChI is InChI=1S/C26H32N2/c1-25(2,3)19-9-7-11-23(17-19)27-21-13-15-22(16-14-21)28-24-12-8-10-20(18-24)26(4,5)6/h7-18,27-28H,1-6H3. The van der Waals surface area contributed by atoms with E-state index in [2.05, 4.69) is 125 Å². The van der Waals surface area contributed by atoms with Gasteiger partial charge in [-0.25, -0.2) is 0 Å². The van der Waals surface area contributed by atoms with Gasteiger partial charge in [0.15, 0.2) is 0 Å². The van der Waals surface area contributed by atoms with Gasteiger partial charge in [-0.2, -0.15) is 0 Å². The molecule has 2 N–H and O–H groups in total. The van der Waals surface area contributed by atoms with Gasteiger partial charge in [-0.1, -0.05) is 65.8 Å². The first-order chi connectivity index (χ1) is 13.1. The third-order valence-electron chi connectivity index (χ3n) is 4.92. The van der Waals surface area contributed by atoms with E-state index in [1.165, 1.54) is 11.1 Å². The van der Waals surface area contributed by atoms with Crippen molar-refractivity contribution in [2.45, 2.75) is 52.4 Å². The summed E-state index contributed by atoms with van der Waals surface area (Å²) in [5, 5.41) is 7.02. The molecule has 0 aromatic heterocycles. The van der Waals surface area contributed by atoms with Crippen molar-refractivity contribution in [3.05, 3.63) is 83.9 Å². The molecule has 0 aliphatic heterocycles. The topological polar surface area (TPSA) is 24.1 Å². The second-order valence-corrected chi connectivity index (χ2v) is 9.49. The molecule has 0 atom stereocenters. The maximum Gasteiger partial charge on any atom is 0.0387 e. The summed E-state index contributed by atoms with van der Waals surface area (Å²) in [6.07, 6.45) is 0. The second-order valence-electron chi connectivity index (χ2n) is 9.49. The van der Waals surface area contributed by atoms with Crippen LogP contribution in [0.4, 0.5) is 22.7 Å². The van der Waals surface area contributed by atoms with Gasteiger partial charge < -0.3 is 10.6 Å². The quantitative estimate of drug-likeness (QED) is 0.489. The Balaban J connectivity index is 1.71. The van der Waals surface area contributed by atoms with Crippen molar-refractivity contribution in [2.24, 2.45) is 0 Å². The summed E-state index contributed by atoms with van der Waals surface area (Å²) in [5.41, 5.74) is 7.35. The van der Waals surface area contributed by atoms with Crippen LogP contribution in [0, 0.1) is 0 Å². The van der Waals surface area contributed by atoms with E-state index in [0.717, 1.165) is 22.7 Å². The van der Waals surface area contributed by atoms with Crippen molar-refractivity contribution in [1.82, 2.24) is 0 Å². The van der Waals surface area contributed by atoms with Crippen molar-refractivity contribution in [3.8, 4) is 0 Å². The highest BCUT2D eigenvalue weighted by Gasteiger charge is 2.14. The largest absolute Gasteiger partial charge is 0.356 e. The van der Waals surface area contributed by atoms with Crippen LogP contribution in [-0.4, -0.2) is 0 Å². The Morgan fingerprint density at radius 2 is 0.821 bits per heavy atom. The summed E-state index contributed by atoms with van der Waals surface area (Å²) < 4.78 is 0. The molecule has 0 spiro atoms. The number of hydrogen-bond donors (Lipinski definition) is 2. The molecule has 0 aliphatic rings. The summed E-state index contributed by atoms with van der Waals surface area (Å²) in [6, 6.07) is 25.7. The molecule has 28 heavy (non-hydrogen) atoms. The lowest BCUT2D eigenvalue weighted by molar-refractivity contribution is 0.590. The molecule has 0 bridgehead atoms. The molecule has 0 heterocycles. The smallest absolute Gasteiger partial charge is 0.0387 e. The first kappa shape index (κ1) is 20.0. The van der Waals surface area contributed by atoms with E-state index in [4.69, 9.17) is 0 Å². The van der Waals surface area contributed by atoms with E-state index in [1.54, 1.807) is 0 Å². The monoisotopic (exact) mass is 372 g/mol. The average Bonchev–Trinajstić information content (AvgIpc) is 2.62. The van der Waals surface area contributed by atoms with Crippen molar-refractivity contribution in [2.75, 3.05) is 10.6 Å². The Hall–Kier alpha value is -2.74. The molecule has 3 rings (SSSR count). The maximum atomic E-state index is 3.51. The van der Waals surface area contributed by atoms with Crippen LogP contribution in [0.1, 0.15) is 52.7 Å². The van der Waals surface area contributed by atoms with Gasteiger partial charge in [0.2, 0.25) is 0 Å². The highest BCUT2D eigenvalue weighted by molar-refractivity contribution is 5.66. The van der Waals surface area contributed by atoms with Crippen LogP contribution in [0.15, 0.2) is 72.8 Å². The normalized spacial score (nSPS) is 11.9. The van der Waals surface area contributed by atoms with Gasteiger partial charge in [0, 0.05) is 22.7 Å². The molecule has 0 unspecified atom stereocenters. The Labute approximate surface area is 170 Å². The number of benzene rings is 3. The fourth-order valence-electron chi connectivity index (χ4n) is 3.10. The van der Waals surface area contributed by atoms with Gasteiger partial charge in [-0.05, 0) is 70.5 Å². The van der Waals surface area contributed by atoms with Crippen LogP contribution in [0.5, 0.6) is 0 Å². The first-order valence-corrected chi connectivity index (χ1v) is 9.96. The summed E-state index contributed by atoms with van der Waals surface area (Å²) in [6.45, 7) is 13.4. The summed E-state index contributed by atoms with van der Waals surface area (Å²) in [7, 11) is 0. The van der Waals surface area contributed by atoms with Crippen LogP contribution < -0.4 is 10.6 Å². The minimum absolute atomic E-state index is 0.146. The predicted octanol–water partition coefficient (Wildman–Crippen LogP) is 7.77. The maximum absolute atomic E-state index is 3.51. The minimum Gasteiger partial charge on any atom is -0.356 e. The van der Waals surface area contributed by atoms with E-state index in [0.29, 0.717) is 0 Å². The summed E-state index contributed by atoms with van der Waals surface area (Å²) >= 11 is 0. The molecular formula is C26H32N2. The van der Waals surface area contributed by atoms with Gasteiger partial charge in [0.1, 0.15) is 0 Å². The highest BCUT2D eigenvalue weighted by atomic mass is 14.9. The third-order valence-corrected chi connectivity index (χ3v) is 4.92. The van der Waals surface area contributed by atoms with Crippen molar-refractivity contribution < 1.29 is 0 Å². The van der Waals surface area contributed by atoms with Gasteiger partial charge >= 0.3 is 0 Å². The summed E-state index contributed by atoms with van der Waals surface area (Å²) in [5.74, 6) is 0. The average molecular weight is 373 g/mol. The van der Waals surface area contributed by atoms with Crippen LogP contribution in [0.25, 0.3) is 0 Å². The molecule has 0 aliphatic carbocycles. The molecular weight excluding hydrogens is 340 g/mol. The fraction of sp³-hybridized carbons (Fsp3) is 0.308. The molecule has 2 nitrogen and oxygen atoms in total. The van der Waals surface area contributed by atoms with Gasteiger partial charge in [-0.3, -0.25) is 0 Å². The minimum atomic E-state index is 0.146. The van der Waals surface area contributed by atoms with E-state index < -0.39 is 0 Å². The van der Waals surface area contributed by atoms with Crippen molar-refractivity contribution >= 4 is 22.7 Å². The molecule has 0 fully saturated rings. The Kier molecular flexibility index (Phi) is 5.51. The van der Waals surface area contributed by atoms with Crippen LogP contribution >= 0.6 is 0 Å². The van der Waals surface area contributed by atoms with E-state index in [-0.39, 0.29) is 10.8 Å². The molecule has 0 saturated carbocycles. The van der Waals surface area contributed by atoms with Crippen LogP contribution in [0.2, 0.25) is 0 Å². The zero-order chi connectivity index (χ0) is 20.4. The van der Waals surface area contributed by atoms with Gasteiger partial charge in [-0.15, -0.1) is 0 Å². The lowest BCUT2D eigenvalue weighted by atomic mass is 9.87. The van der Waals surface area contributed by atoms with Crippen molar-refractivity contribution in [1.29, 1.82) is 0 Å². The molecule has 146 valence electrons. The number of anilines is 4. The zero-order valence-electron chi connectivity index (χ0n) is 17.9. The molecule has 0 saturated heterocycles. The first-order valence-electron chi connectivity index (χ1n) is 9.96. The van der Waals surface area contributed by atoms with Gasteiger partial charge in [0.05, 0.1) is 0 Å². The van der Waals surface area contributed by atoms with Crippen LogP contribution in [0.3, 0.4) is 0 Å². The number of rotatable bonds is 4. The second kappa shape index (κ2) is 7.71. The zero-order valence-corrected chi connectivity index (χ0v) is 17.9. The lowest BCUT2D eigenvalue weighted by Crippen LogP contribution is -2.11. The van der Waals surface area contributed by atoms with E-state index in [9.17, 15) is 0 Å². The van der Waals surface area contributed by atoms with Gasteiger partial charge in [0.25, 0.3) is 0 Å². The molecule has 0 amide bonds. The van der Waals surface area contributed by atoms with Crippen LogP contribution in [-0.2, 0) is 10.8 Å². The van der Waals surface area contributed by atoms with Crippen molar-refractivity contribution in [3.63, 3.8) is 0 Å². The Bertz CT molecular complexity index is 847.